The minimum absolute atomic E-state index is 0.483. The zero-order valence-electron chi connectivity index (χ0n) is 14.8. The van der Waals surface area contributed by atoms with Crippen molar-refractivity contribution >= 4 is 15.8 Å². The molecule has 1 aliphatic heterocycles. The van der Waals surface area contributed by atoms with Crippen LogP contribution in [0.5, 0.6) is 0 Å². The Bertz CT molecular complexity index is 718. The molecule has 1 nitrogen and oxygen atoms in total. The van der Waals surface area contributed by atoms with Crippen LogP contribution >= 0.6 is 10.2 Å². The topological polar surface area (TPSA) is 12.0 Å². The van der Waals surface area contributed by atoms with E-state index in [0.717, 1.165) is 6.54 Å². The lowest BCUT2D eigenvalue weighted by Gasteiger charge is -2.43. The second-order valence-electron chi connectivity index (χ2n) is 6.58. The quantitative estimate of drug-likeness (QED) is 0.654. The van der Waals surface area contributed by atoms with Gasteiger partial charge < -0.3 is 0 Å². The van der Waals surface area contributed by atoms with Crippen LogP contribution in [0.1, 0.15) is 37.1 Å². The molecule has 0 saturated carbocycles. The highest BCUT2D eigenvalue weighted by Gasteiger charge is 2.35. The van der Waals surface area contributed by atoms with Gasteiger partial charge in [-0.2, -0.15) is 0 Å². The van der Waals surface area contributed by atoms with E-state index in [1.165, 1.54) is 16.7 Å². The van der Waals surface area contributed by atoms with Gasteiger partial charge in [0.05, 0.1) is 0 Å². The monoisotopic (exact) mass is 337 g/mol. The summed E-state index contributed by atoms with van der Waals surface area (Å²) in [4.78, 5) is 0. The standard InChI is InChI=1S/C22H27NS/c1-4-23-24(22(18(2)3)20-13-9-6-10-14-20)16-15-21(17-24)19-11-7-5-8-12-19/h5-18,22-23H,4H2,1-3H3. The fourth-order valence-corrected chi connectivity index (χ4v) is 7.33. The summed E-state index contributed by atoms with van der Waals surface area (Å²) in [7, 11) is -1.19. The fourth-order valence-electron chi connectivity index (χ4n) is 3.56. The van der Waals surface area contributed by atoms with Crippen molar-refractivity contribution in [2.75, 3.05) is 6.54 Å². The van der Waals surface area contributed by atoms with Crippen molar-refractivity contribution in [2.24, 2.45) is 5.92 Å². The molecule has 0 spiro atoms. The second-order valence-corrected chi connectivity index (χ2v) is 9.40. The molecule has 2 atom stereocenters. The van der Waals surface area contributed by atoms with Gasteiger partial charge in [0, 0.05) is 11.8 Å². The Kier molecular flexibility index (Phi) is 5.27. The minimum Gasteiger partial charge on any atom is -0.274 e. The molecule has 0 aromatic heterocycles. The van der Waals surface area contributed by atoms with Gasteiger partial charge in [0.1, 0.15) is 0 Å². The Morgan fingerprint density at radius 2 is 1.54 bits per heavy atom. The van der Waals surface area contributed by atoms with Crippen LogP contribution in [0, 0.1) is 5.92 Å². The van der Waals surface area contributed by atoms with E-state index in [1.54, 1.807) is 0 Å². The summed E-state index contributed by atoms with van der Waals surface area (Å²) >= 11 is 0. The molecule has 2 heteroatoms. The highest BCUT2D eigenvalue weighted by atomic mass is 32.3. The first-order chi connectivity index (χ1) is 11.7. The summed E-state index contributed by atoms with van der Waals surface area (Å²) in [6.45, 7) is 7.87. The normalized spacial score (nSPS) is 23.8. The molecule has 2 aromatic rings. The Balaban J connectivity index is 2.06. The van der Waals surface area contributed by atoms with Crippen LogP contribution in [-0.2, 0) is 0 Å². The van der Waals surface area contributed by atoms with Gasteiger partial charge in [0.25, 0.3) is 0 Å². The van der Waals surface area contributed by atoms with Gasteiger partial charge in [-0.15, -0.1) is 10.2 Å². The molecule has 1 N–H and O–H groups in total. The zero-order chi connectivity index (χ0) is 17.0. The van der Waals surface area contributed by atoms with Crippen molar-refractivity contribution in [3.63, 3.8) is 0 Å². The van der Waals surface area contributed by atoms with Crippen molar-refractivity contribution in [1.29, 1.82) is 0 Å². The molecule has 0 amide bonds. The lowest BCUT2D eigenvalue weighted by atomic mass is 10.0. The average molecular weight is 338 g/mol. The van der Waals surface area contributed by atoms with Crippen LogP contribution < -0.4 is 4.72 Å². The third kappa shape index (κ3) is 3.35. The first kappa shape index (κ1) is 17.1. The van der Waals surface area contributed by atoms with Crippen LogP contribution in [0.3, 0.4) is 0 Å². The van der Waals surface area contributed by atoms with E-state index in [2.05, 4.69) is 103 Å². The lowest BCUT2D eigenvalue weighted by molar-refractivity contribution is 0.624. The molecule has 0 radical (unpaired) electrons. The number of hydrogen-bond donors (Lipinski definition) is 1. The maximum atomic E-state index is 3.86. The third-order valence-electron chi connectivity index (χ3n) is 4.45. The van der Waals surface area contributed by atoms with Crippen molar-refractivity contribution in [3.8, 4) is 0 Å². The molecule has 1 heterocycles. The van der Waals surface area contributed by atoms with Crippen LogP contribution in [0.2, 0.25) is 0 Å². The summed E-state index contributed by atoms with van der Waals surface area (Å²) in [5, 5.41) is 5.43. The minimum atomic E-state index is -1.19. The van der Waals surface area contributed by atoms with Crippen molar-refractivity contribution < 1.29 is 0 Å². The van der Waals surface area contributed by atoms with Gasteiger partial charge in [0.15, 0.2) is 0 Å². The van der Waals surface area contributed by atoms with Gasteiger partial charge >= 0.3 is 0 Å². The molecular weight excluding hydrogens is 310 g/mol. The fraction of sp³-hybridized carbons (Fsp3) is 0.273. The SMILES string of the molecule is CCNS1(C(c2ccccc2)C(C)C)C=CC(c2ccccc2)=C1. The van der Waals surface area contributed by atoms with E-state index in [0.29, 0.717) is 11.2 Å². The summed E-state index contributed by atoms with van der Waals surface area (Å²) in [5.74, 6) is 0.567. The molecule has 0 fully saturated rings. The first-order valence-electron chi connectivity index (χ1n) is 8.73. The van der Waals surface area contributed by atoms with E-state index in [4.69, 9.17) is 0 Å². The summed E-state index contributed by atoms with van der Waals surface area (Å²) in [6.07, 6.45) is 2.31. The molecule has 126 valence electrons. The van der Waals surface area contributed by atoms with Gasteiger partial charge in [-0.3, -0.25) is 4.72 Å². The van der Waals surface area contributed by atoms with Gasteiger partial charge in [-0.25, -0.2) is 0 Å². The van der Waals surface area contributed by atoms with E-state index < -0.39 is 10.2 Å². The molecular formula is C22H27NS. The molecule has 3 rings (SSSR count). The highest BCUT2D eigenvalue weighted by molar-refractivity contribution is 8.37. The average Bonchev–Trinajstić information content (AvgIpc) is 3.01. The third-order valence-corrected chi connectivity index (χ3v) is 8.13. The van der Waals surface area contributed by atoms with E-state index in [-0.39, 0.29) is 0 Å². The predicted molar refractivity (Wildman–Crippen MR) is 109 cm³/mol. The Morgan fingerprint density at radius 3 is 2.12 bits per heavy atom. The number of hydrogen-bond acceptors (Lipinski definition) is 1. The molecule has 0 bridgehead atoms. The Morgan fingerprint density at radius 1 is 0.917 bits per heavy atom. The van der Waals surface area contributed by atoms with Crippen molar-refractivity contribution in [3.05, 3.63) is 88.7 Å². The van der Waals surface area contributed by atoms with Crippen LogP contribution in [0.15, 0.2) is 77.6 Å². The molecule has 1 aliphatic rings. The Hall–Kier alpha value is -1.77. The summed E-state index contributed by atoms with van der Waals surface area (Å²) < 4.78 is 3.86. The van der Waals surface area contributed by atoms with Crippen molar-refractivity contribution in [2.45, 2.75) is 26.0 Å². The number of nitrogens with one attached hydrogen (secondary N) is 1. The maximum Gasteiger partial charge on any atom is 0.0349 e. The predicted octanol–water partition coefficient (Wildman–Crippen LogP) is 6.28. The first-order valence-corrected chi connectivity index (χ1v) is 10.6. The summed E-state index contributed by atoms with van der Waals surface area (Å²) in [5.41, 5.74) is 4.07. The van der Waals surface area contributed by atoms with Crippen molar-refractivity contribution in [1.82, 2.24) is 4.72 Å². The number of allylic oxidation sites excluding steroid dienone is 2. The van der Waals surface area contributed by atoms with E-state index >= 15 is 0 Å². The summed E-state index contributed by atoms with van der Waals surface area (Å²) in [6, 6.07) is 21.7. The van der Waals surface area contributed by atoms with Crippen LogP contribution in [0.4, 0.5) is 0 Å². The lowest BCUT2D eigenvalue weighted by Crippen LogP contribution is -2.25. The van der Waals surface area contributed by atoms with E-state index in [9.17, 15) is 0 Å². The highest BCUT2D eigenvalue weighted by Crippen LogP contribution is 2.66. The molecule has 0 aliphatic carbocycles. The van der Waals surface area contributed by atoms with Crippen LogP contribution in [0.25, 0.3) is 5.57 Å². The van der Waals surface area contributed by atoms with Gasteiger partial charge in [0.2, 0.25) is 0 Å². The zero-order valence-corrected chi connectivity index (χ0v) is 15.6. The molecule has 0 saturated heterocycles. The van der Waals surface area contributed by atoms with Crippen LogP contribution in [-0.4, -0.2) is 6.54 Å². The largest absolute Gasteiger partial charge is 0.274 e. The molecule has 2 aromatic carbocycles. The van der Waals surface area contributed by atoms with Gasteiger partial charge in [-0.05, 0) is 39.5 Å². The number of rotatable bonds is 6. The second kappa shape index (κ2) is 7.42. The Labute approximate surface area is 147 Å². The molecule has 2 unspecified atom stereocenters. The number of benzene rings is 2. The molecule has 24 heavy (non-hydrogen) atoms. The maximum absolute atomic E-state index is 3.86. The van der Waals surface area contributed by atoms with E-state index in [1.807, 2.05) is 0 Å². The van der Waals surface area contributed by atoms with Gasteiger partial charge in [-0.1, -0.05) is 81.4 Å². The smallest absolute Gasteiger partial charge is 0.0349 e.